The molecule has 28 heavy (non-hydrogen) atoms. The van der Waals surface area contributed by atoms with Crippen LogP contribution in [0.2, 0.25) is 5.02 Å². The molecule has 2 heterocycles. The van der Waals surface area contributed by atoms with Crippen LogP contribution in [0.3, 0.4) is 0 Å². The standard InChI is InChI=1S/C19H24ClN5OS.ClH/c1-5-25-13(2)11-16(22-25)18(26)24(10-6-9-23(3)4)19-21-15-8-7-14(20)12-17(15)27-19;/h7-8,11-12H,5-6,9-10H2,1-4H3;1H. The van der Waals surface area contributed by atoms with Crippen molar-refractivity contribution in [1.29, 1.82) is 0 Å². The Morgan fingerprint density at radius 2 is 2.00 bits per heavy atom. The highest BCUT2D eigenvalue weighted by Crippen LogP contribution is 2.31. The Labute approximate surface area is 180 Å². The van der Waals surface area contributed by atoms with E-state index in [1.807, 2.05) is 56.9 Å². The predicted octanol–water partition coefficient (Wildman–Crippen LogP) is 4.49. The van der Waals surface area contributed by atoms with Crippen LogP contribution in [0.5, 0.6) is 0 Å². The van der Waals surface area contributed by atoms with Crippen LogP contribution >= 0.6 is 35.3 Å². The summed E-state index contributed by atoms with van der Waals surface area (Å²) in [4.78, 5) is 21.7. The zero-order chi connectivity index (χ0) is 19.6. The molecule has 0 radical (unpaired) electrons. The molecule has 0 fully saturated rings. The molecule has 1 amide bonds. The van der Waals surface area contributed by atoms with E-state index < -0.39 is 0 Å². The van der Waals surface area contributed by atoms with E-state index >= 15 is 0 Å². The average molecular weight is 442 g/mol. The first-order chi connectivity index (χ1) is 12.9. The van der Waals surface area contributed by atoms with Gasteiger partial charge in [0.05, 0.1) is 10.2 Å². The smallest absolute Gasteiger partial charge is 0.280 e. The third-order valence-corrected chi connectivity index (χ3v) is 5.58. The summed E-state index contributed by atoms with van der Waals surface area (Å²) in [6.45, 7) is 6.19. The lowest BCUT2D eigenvalue weighted by molar-refractivity contribution is 0.0980. The van der Waals surface area contributed by atoms with Crippen LogP contribution in [-0.2, 0) is 6.54 Å². The van der Waals surface area contributed by atoms with Crippen molar-refractivity contribution in [2.75, 3.05) is 32.1 Å². The predicted molar refractivity (Wildman–Crippen MR) is 119 cm³/mol. The maximum Gasteiger partial charge on any atom is 0.280 e. The molecule has 0 atom stereocenters. The molecule has 0 saturated heterocycles. The number of benzene rings is 1. The molecule has 6 nitrogen and oxygen atoms in total. The minimum atomic E-state index is -0.116. The fraction of sp³-hybridized carbons (Fsp3) is 0.421. The fourth-order valence-corrected chi connectivity index (χ4v) is 4.17. The third kappa shape index (κ3) is 5.03. The van der Waals surface area contributed by atoms with Crippen molar-refractivity contribution in [3.05, 3.63) is 40.7 Å². The Morgan fingerprint density at radius 1 is 1.25 bits per heavy atom. The summed E-state index contributed by atoms with van der Waals surface area (Å²) in [6.07, 6.45) is 0.850. The van der Waals surface area contributed by atoms with Gasteiger partial charge in [0.25, 0.3) is 5.91 Å². The van der Waals surface area contributed by atoms with E-state index in [2.05, 4.69) is 15.0 Å². The SMILES string of the molecule is CCn1nc(C(=O)N(CCCN(C)C)c2nc3ccc(Cl)cc3s2)cc1C.Cl. The summed E-state index contributed by atoms with van der Waals surface area (Å²) in [5, 5.41) is 5.80. The van der Waals surface area contributed by atoms with Gasteiger partial charge in [-0.1, -0.05) is 22.9 Å². The van der Waals surface area contributed by atoms with Crippen LogP contribution in [0, 0.1) is 6.92 Å². The van der Waals surface area contributed by atoms with E-state index in [-0.39, 0.29) is 18.3 Å². The first-order valence-electron chi connectivity index (χ1n) is 8.96. The van der Waals surface area contributed by atoms with Gasteiger partial charge in [-0.15, -0.1) is 12.4 Å². The highest BCUT2D eigenvalue weighted by atomic mass is 35.5. The van der Waals surface area contributed by atoms with Crippen molar-refractivity contribution < 1.29 is 4.79 Å². The van der Waals surface area contributed by atoms with Crippen molar-refractivity contribution in [3.8, 4) is 0 Å². The second-order valence-electron chi connectivity index (χ2n) is 6.71. The molecular weight excluding hydrogens is 417 g/mol. The van der Waals surface area contributed by atoms with Gasteiger partial charge in [-0.3, -0.25) is 14.4 Å². The Balaban J connectivity index is 0.00000280. The number of anilines is 1. The summed E-state index contributed by atoms with van der Waals surface area (Å²) < 4.78 is 2.81. The number of fused-ring (bicyclic) bond motifs is 1. The number of carbonyl (C=O) groups is 1. The normalized spacial score (nSPS) is 11.1. The molecule has 0 bridgehead atoms. The molecule has 0 saturated carbocycles. The Hall–Kier alpha value is -1.67. The van der Waals surface area contributed by atoms with Crippen molar-refractivity contribution >= 4 is 56.6 Å². The number of thiazole rings is 1. The van der Waals surface area contributed by atoms with Crippen LogP contribution in [0.25, 0.3) is 10.2 Å². The highest BCUT2D eigenvalue weighted by molar-refractivity contribution is 7.22. The molecule has 2 aromatic heterocycles. The van der Waals surface area contributed by atoms with Crippen LogP contribution in [0.15, 0.2) is 24.3 Å². The van der Waals surface area contributed by atoms with Gasteiger partial charge in [0, 0.05) is 23.8 Å². The fourth-order valence-electron chi connectivity index (χ4n) is 2.90. The number of rotatable bonds is 7. The second-order valence-corrected chi connectivity index (χ2v) is 8.15. The van der Waals surface area contributed by atoms with E-state index in [0.717, 1.165) is 35.4 Å². The van der Waals surface area contributed by atoms with E-state index in [1.165, 1.54) is 11.3 Å². The number of halogens is 2. The molecule has 0 aliphatic heterocycles. The number of carbonyl (C=O) groups excluding carboxylic acids is 1. The van der Waals surface area contributed by atoms with Gasteiger partial charge in [-0.05, 0) is 65.2 Å². The summed E-state index contributed by atoms with van der Waals surface area (Å²) in [7, 11) is 4.05. The van der Waals surface area contributed by atoms with Gasteiger partial charge in [0.1, 0.15) is 0 Å². The van der Waals surface area contributed by atoms with Gasteiger partial charge < -0.3 is 4.90 Å². The molecule has 3 aromatic rings. The first kappa shape index (κ1) is 22.6. The Bertz CT molecular complexity index is 953. The molecule has 0 N–H and O–H groups in total. The van der Waals surface area contributed by atoms with Gasteiger partial charge in [-0.25, -0.2) is 4.98 Å². The molecular formula is C19H25Cl2N5OS. The molecule has 3 rings (SSSR count). The summed E-state index contributed by atoms with van der Waals surface area (Å²) >= 11 is 7.58. The number of hydrogen-bond donors (Lipinski definition) is 0. The van der Waals surface area contributed by atoms with Gasteiger partial charge >= 0.3 is 0 Å². The minimum absolute atomic E-state index is 0. The van der Waals surface area contributed by atoms with Crippen molar-refractivity contribution in [1.82, 2.24) is 19.7 Å². The summed E-state index contributed by atoms with van der Waals surface area (Å²) in [6, 6.07) is 7.43. The maximum absolute atomic E-state index is 13.2. The Morgan fingerprint density at radius 3 is 2.64 bits per heavy atom. The van der Waals surface area contributed by atoms with E-state index in [1.54, 1.807) is 4.90 Å². The monoisotopic (exact) mass is 441 g/mol. The lowest BCUT2D eigenvalue weighted by atomic mass is 10.3. The average Bonchev–Trinajstić information content (AvgIpc) is 3.20. The van der Waals surface area contributed by atoms with E-state index in [9.17, 15) is 4.79 Å². The van der Waals surface area contributed by atoms with Crippen molar-refractivity contribution in [3.63, 3.8) is 0 Å². The van der Waals surface area contributed by atoms with Crippen LogP contribution in [0.4, 0.5) is 5.13 Å². The first-order valence-corrected chi connectivity index (χ1v) is 10.2. The van der Waals surface area contributed by atoms with Gasteiger partial charge in [0.2, 0.25) is 0 Å². The summed E-state index contributed by atoms with van der Waals surface area (Å²) in [5.74, 6) is -0.116. The molecule has 0 aliphatic carbocycles. The molecule has 1 aromatic carbocycles. The second kappa shape index (κ2) is 9.69. The lowest BCUT2D eigenvalue weighted by Crippen LogP contribution is -2.33. The third-order valence-electron chi connectivity index (χ3n) is 4.30. The van der Waals surface area contributed by atoms with E-state index in [4.69, 9.17) is 11.6 Å². The minimum Gasteiger partial charge on any atom is -0.309 e. The number of aryl methyl sites for hydroxylation is 2. The number of hydrogen-bond acceptors (Lipinski definition) is 5. The number of nitrogens with zero attached hydrogens (tertiary/aromatic N) is 5. The van der Waals surface area contributed by atoms with Crippen LogP contribution < -0.4 is 4.90 Å². The topological polar surface area (TPSA) is 54.3 Å². The summed E-state index contributed by atoms with van der Waals surface area (Å²) in [5.41, 5.74) is 2.28. The highest BCUT2D eigenvalue weighted by Gasteiger charge is 2.24. The van der Waals surface area contributed by atoms with E-state index in [0.29, 0.717) is 22.4 Å². The zero-order valence-electron chi connectivity index (χ0n) is 16.5. The molecule has 152 valence electrons. The maximum atomic E-state index is 13.2. The quantitative estimate of drug-likeness (QED) is 0.541. The Kier molecular flexibility index (Phi) is 7.83. The largest absolute Gasteiger partial charge is 0.309 e. The van der Waals surface area contributed by atoms with Crippen LogP contribution in [-0.4, -0.2) is 52.8 Å². The van der Waals surface area contributed by atoms with Gasteiger partial charge in [0.15, 0.2) is 10.8 Å². The van der Waals surface area contributed by atoms with Gasteiger partial charge in [-0.2, -0.15) is 5.10 Å². The number of aromatic nitrogens is 3. The van der Waals surface area contributed by atoms with Crippen molar-refractivity contribution in [2.45, 2.75) is 26.8 Å². The molecule has 0 aliphatic rings. The molecule has 0 spiro atoms. The van der Waals surface area contributed by atoms with Crippen molar-refractivity contribution in [2.24, 2.45) is 0 Å². The number of amides is 1. The zero-order valence-corrected chi connectivity index (χ0v) is 18.9. The molecule has 0 unspecified atom stereocenters. The lowest BCUT2D eigenvalue weighted by Gasteiger charge is -2.20. The van der Waals surface area contributed by atoms with Crippen LogP contribution in [0.1, 0.15) is 29.5 Å². The molecule has 9 heteroatoms.